The monoisotopic (exact) mass is 634 g/mol. The van der Waals surface area contributed by atoms with Crippen molar-refractivity contribution in [3.05, 3.63) is 128 Å². The molecule has 0 radical (unpaired) electrons. The Morgan fingerprint density at radius 2 is 1.06 bits per heavy atom. The van der Waals surface area contributed by atoms with Gasteiger partial charge in [-0.2, -0.15) is 0 Å². The number of aromatic nitrogens is 2. The van der Waals surface area contributed by atoms with Crippen molar-refractivity contribution in [2.75, 3.05) is 0 Å². The Kier molecular flexibility index (Phi) is 6.53. The molecule has 0 bridgehead atoms. The zero-order valence-electron chi connectivity index (χ0n) is 18.7. The standard InChI is InChI=1S/C19H14N2.C11H7N2.Au/c1-3-9-16(10-4-1)20-15-21(17-11-5-2-6-12-17)19-14-8-7-13-18(19)20;1-2-6-10-8(4-1)9-5-3-7-12-11(9)13-10;/h1-14H;1-7H;/q+2;-1;+1. The molecule has 0 fully saturated rings. The molecule has 7 rings (SSSR count). The molecule has 3 heterocycles. The fraction of sp³-hybridized carbons (Fsp3) is 0. The quantitative estimate of drug-likeness (QED) is 0.153. The summed E-state index contributed by atoms with van der Waals surface area (Å²) in [7, 11) is 0. The molecule has 0 spiro atoms. The van der Waals surface area contributed by atoms with Crippen LogP contribution in [0.3, 0.4) is 0 Å². The summed E-state index contributed by atoms with van der Waals surface area (Å²) < 4.78 is 4.20. The Bertz CT molecular complexity index is 1560. The minimum atomic E-state index is 0. The summed E-state index contributed by atoms with van der Waals surface area (Å²) in [6.07, 6.45) is 1.77. The van der Waals surface area contributed by atoms with E-state index in [1.807, 2.05) is 60.7 Å². The van der Waals surface area contributed by atoms with Crippen molar-refractivity contribution in [1.29, 1.82) is 0 Å². The maximum absolute atomic E-state index is 4.40. The number of hydrogen-bond acceptors (Lipinski definition) is 1. The van der Waals surface area contributed by atoms with E-state index in [0.717, 1.165) is 39.3 Å². The van der Waals surface area contributed by atoms with Crippen LogP contribution in [0.15, 0.2) is 128 Å². The molecule has 35 heavy (non-hydrogen) atoms. The molecule has 0 aliphatic carbocycles. The van der Waals surface area contributed by atoms with Gasteiger partial charge in [-0.15, -0.1) is 0 Å². The van der Waals surface area contributed by atoms with E-state index in [1.165, 1.54) is 5.39 Å². The van der Waals surface area contributed by atoms with Crippen molar-refractivity contribution in [3.8, 4) is 0 Å². The average Bonchev–Trinajstić information content (AvgIpc) is 3.49. The fourth-order valence-electron chi connectivity index (χ4n) is 4.21. The van der Waals surface area contributed by atoms with Gasteiger partial charge in [0.2, 0.25) is 11.4 Å². The molecular weight excluding hydrogens is 613 g/mol. The first-order valence-electron chi connectivity index (χ1n) is 11.2. The van der Waals surface area contributed by atoms with Gasteiger partial charge >= 0.3 is 28.4 Å². The molecule has 6 aromatic rings. The Hall–Kier alpha value is -4.05. The van der Waals surface area contributed by atoms with Crippen LogP contribution in [-0.4, -0.2) is 11.0 Å². The van der Waals surface area contributed by atoms with E-state index in [-0.39, 0.29) is 22.4 Å². The van der Waals surface area contributed by atoms with Crippen molar-refractivity contribution in [2.45, 2.75) is 0 Å². The topological polar surface area (TPSA) is 33.0 Å². The number of para-hydroxylation sites is 5. The third-order valence-corrected chi connectivity index (χ3v) is 5.80. The molecule has 4 aromatic carbocycles. The van der Waals surface area contributed by atoms with E-state index in [0.29, 0.717) is 0 Å². The van der Waals surface area contributed by atoms with Crippen LogP contribution in [0.5, 0.6) is 0 Å². The first-order valence-corrected chi connectivity index (χ1v) is 11.2. The largest absolute Gasteiger partial charge is 1.00 e. The van der Waals surface area contributed by atoms with Gasteiger partial charge in [-0.3, -0.25) is 0 Å². The Morgan fingerprint density at radius 1 is 0.543 bits per heavy atom. The van der Waals surface area contributed by atoms with E-state index in [9.17, 15) is 0 Å². The van der Waals surface area contributed by atoms with Gasteiger partial charge in [-0.1, -0.05) is 96.8 Å². The van der Waals surface area contributed by atoms with Gasteiger partial charge in [-0.25, -0.2) is 0 Å². The molecule has 0 amide bonds. The van der Waals surface area contributed by atoms with Gasteiger partial charge in [-0.05, 0) is 25.4 Å². The second-order valence-electron chi connectivity index (χ2n) is 7.93. The molecule has 5 heteroatoms. The second-order valence-corrected chi connectivity index (χ2v) is 7.93. The normalized spacial score (nSPS) is 11.7. The molecule has 0 saturated carbocycles. The average molecular weight is 634 g/mol. The third-order valence-electron chi connectivity index (χ3n) is 5.80. The number of fused-ring (bicyclic) bond motifs is 4. The smallest absolute Gasteiger partial charge is 0.442 e. The minimum Gasteiger partial charge on any atom is -0.442 e. The van der Waals surface area contributed by atoms with Gasteiger partial charge in [0.1, 0.15) is 0 Å². The van der Waals surface area contributed by atoms with Gasteiger partial charge in [0.15, 0.2) is 0 Å². The zero-order chi connectivity index (χ0) is 22.7. The van der Waals surface area contributed by atoms with Gasteiger partial charge in [0, 0.05) is 36.4 Å². The van der Waals surface area contributed by atoms with Crippen LogP contribution >= 0.6 is 0 Å². The predicted molar refractivity (Wildman–Crippen MR) is 140 cm³/mol. The summed E-state index contributed by atoms with van der Waals surface area (Å²) in [4.78, 5) is 8.61. The maximum atomic E-state index is 4.40. The summed E-state index contributed by atoms with van der Waals surface area (Å²) in [5.74, 6) is 0. The Morgan fingerprint density at radius 3 is 1.69 bits per heavy atom. The second kappa shape index (κ2) is 10.1. The molecule has 4 nitrogen and oxygen atoms in total. The van der Waals surface area contributed by atoms with Crippen molar-refractivity contribution < 1.29 is 22.4 Å². The molecule has 1 aliphatic rings. The molecule has 0 unspecified atom stereocenters. The third kappa shape index (κ3) is 4.40. The van der Waals surface area contributed by atoms with Crippen LogP contribution < -0.4 is 14.1 Å². The van der Waals surface area contributed by atoms with E-state index >= 15 is 0 Å². The van der Waals surface area contributed by atoms with Crippen LogP contribution in [0.2, 0.25) is 0 Å². The van der Waals surface area contributed by atoms with Crippen LogP contribution in [0.4, 0.5) is 22.7 Å². The van der Waals surface area contributed by atoms with Crippen LogP contribution in [-0.2, 0) is 22.4 Å². The summed E-state index contributed by atoms with van der Waals surface area (Å²) in [6, 6.07) is 44.5. The first-order chi connectivity index (χ1) is 16.9. The molecule has 170 valence electrons. The van der Waals surface area contributed by atoms with E-state index < -0.39 is 0 Å². The predicted octanol–water partition coefficient (Wildman–Crippen LogP) is 6.89. The van der Waals surface area contributed by atoms with E-state index in [1.54, 1.807) is 6.20 Å². The number of benzene rings is 4. The molecular formula is C30H21AuN4+2. The molecule has 0 saturated heterocycles. The molecule has 0 N–H and O–H groups in total. The first kappa shape index (κ1) is 22.7. The molecule has 0 atom stereocenters. The van der Waals surface area contributed by atoms with Gasteiger partial charge in [0.05, 0.1) is 0 Å². The molecule has 1 aliphatic heterocycles. The maximum Gasteiger partial charge on any atom is 1.00 e. The number of pyridine rings is 1. The fourth-order valence-corrected chi connectivity index (χ4v) is 4.21. The van der Waals surface area contributed by atoms with Crippen LogP contribution in [0, 0.1) is 0 Å². The zero-order valence-corrected chi connectivity index (χ0v) is 20.9. The SMILES string of the molecule is C1=[N+](c2ccccc2)c2ccccc2[N+]=1c1ccccc1.[Au+].c1ccc2c(c1)[n-]c1ncccc12. The van der Waals surface area contributed by atoms with Crippen LogP contribution in [0.25, 0.3) is 21.9 Å². The number of nitrogens with zero attached hydrogens (tertiary/aromatic N) is 4. The van der Waals surface area contributed by atoms with Crippen LogP contribution in [0.1, 0.15) is 0 Å². The van der Waals surface area contributed by atoms with E-state index in [4.69, 9.17) is 0 Å². The minimum absolute atomic E-state index is 0. The summed E-state index contributed by atoms with van der Waals surface area (Å²) in [5.41, 5.74) is 6.38. The van der Waals surface area contributed by atoms with E-state index in [2.05, 4.69) is 85.8 Å². The van der Waals surface area contributed by atoms with Gasteiger partial charge < -0.3 is 9.97 Å². The van der Waals surface area contributed by atoms with Crippen molar-refractivity contribution in [3.63, 3.8) is 0 Å². The Balaban J connectivity index is 0.000000156. The summed E-state index contributed by atoms with van der Waals surface area (Å²) in [5, 5.41) is 2.32. The number of hydrogen-bond donors (Lipinski definition) is 0. The summed E-state index contributed by atoms with van der Waals surface area (Å²) in [6.45, 7) is 0. The number of rotatable bonds is 2. The van der Waals surface area contributed by atoms with Crippen molar-refractivity contribution >= 4 is 50.7 Å². The Labute approximate surface area is 219 Å². The van der Waals surface area contributed by atoms with Crippen molar-refractivity contribution in [1.82, 2.24) is 19.1 Å². The van der Waals surface area contributed by atoms with Crippen molar-refractivity contribution in [2.24, 2.45) is 0 Å². The van der Waals surface area contributed by atoms with Gasteiger partial charge in [0.25, 0.3) is 11.4 Å². The summed E-state index contributed by atoms with van der Waals surface area (Å²) >= 11 is 0. The molecule has 2 aromatic heterocycles.